The Labute approximate surface area is 116 Å². The van der Waals surface area contributed by atoms with E-state index in [1.807, 2.05) is 12.1 Å². The van der Waals surface area contributed by atoms with Gasteiger partial charge in [0.1, 0.15) is 5.75 Å². The zero-order chi connectivity index (χ0) is 14.5. The van der Waals surface area contributed by atoms with Crippen LogP contribution in [0.1, 0.15) is 26.3 Å². The van der Waals surface area contributed by atoms with Crippen molar-refractivity contribution < 1.29 is 14.2 Å². The first-order valence-electron chi connectivity index (χ1n) is 6.51. The number of rotatable bonds is 7. The Hall–Kier alpha value is -1.42. The summed E-state index contributed by atoms with van der Waals surface area (Å²) in [7, 11) is 4.94. The van der Waals surface area contributed by atoms with E-state index in [1.54, 1.807) is 21.3 Å². The van der Waals surface area contributed by atoms with Crippen molar-refractivity contribution in [1.82, 2.24) is 5.32 Å². The number of hydrogen-bond donors (Lipinski definition) is 1. The van der Waals surface area contributed by atoms with Crippen LogP contribution in [0.3, 0.4) is 0 Å². The fraction of sp³-hybridized carbons (Fsp3) is 0.600. The number of likely N-dealkylation sites (N-methyl/N-ethyl adjacent to an activating group) is 1. The minimum absolute atomic E-state index is 0.0547. The molecule has 0 aliphatic heterocycles. The van der Waals surface area contributed by atoms with Crippen LogP contribution in [0.5, 0.6) is 17.2 Å². The van der Waals surface area contributed by atoms with Crippen molar-refractivity contribution in [3.8, 4) is 17.2 Å². The molecule has 0 heterocycles. The first-order chi connectivity index (χ1) is 9.00. The first-order valence-corrected chi connectivity index (χ1v) is 6.51. The van der Waals surface area contributed by atoms with Crippen LogP contribution in [0.4, 0.5) is 0 Å². The van der Waals surface area contributed by atoms with E-state index in [0.29, 0.717) is 5.75 Å². The van der Waals surface area contributed by atoms with Gasteiger partial charge in [-0.2, -0.15) is 0 Å². The average molecular weight is 267 g/mol. The molecule has 0 bridgehead atoms. The smallest absolute Gasteiger partial charge is 0.164 e. The van der Waals surface area contributed by atoms with Gasteiger partial charge in [-0.05, 0) is 12.6 Å². The lowest BCUT2D eigenvalue weighted by atomic mass is 9.83. The zero-order valence-corrected chi connectivity index (χ0v) is 12.8. The molecular weight excluding hydrogens is 242 g/mol. The predicted octanol–water partition coefficient (Wildman–Crippen LogP) is 2.60. The summed E-state index contributed by atoms with van der Waals surface area (Å²) in [4.78, 5) is 0. The summed E-state index contributed by atoms with van der Waals surface area (Å²) in [6.07, 6.45) is 0. The van der Waals surface area contributed by atoms with Crippen LogP contribution < -0.4 is 19.5 Å². The van der Waals surface area contributed by atoms with Gasteiger partial charge in [0, 0.05) is 23.6 Å². The SMILES string of the molecule is CCNCC(C)(C)c1cc(OC)c(OC)cc1OC. The maximum absolute atomic E-state index is 5.49. The maximum atomic E-state index is 5.49. The topological polar surface area (TPSA) is 39.7 Å². The normalized spacial score (nSPS) is 11.3. The van der Waals surface area contributed by atoms with Crippen molar-refractivity contribution in [1.29, 1.82) is 0 Å². The Morgan fingerprint density at radius 1 is 0.947 bits per heavy atom. The molecule has 0 spiro atoms. The van der Waals surface area contributed by atoms with Gasteiger partial charge in [0.05, 0.1) is 21.3 Å². The predicted molar refractivity (Wildman–Crippen MR) is 77.7 cm³/mol. The zero-order valence-electron chi connectivity index (χ0n) is 12.8. The number of hydrogen-bond acceptors (Lipinski definition) is 4. The van der Waals surface area contributed by atoms with Crippen LogP contribution in [0.2, 0.25) is 0 Å². The third kappa shape index (κ3) is 3.53. The highest BCUT2D eigenvalue weighted by atomic mass is 16.5. The van der Waals surface area contributed by atoms with Crippen LogP contribution >= 0.6 is 0 Å². The first kappa shape index (κ1) is 15.6. The van der Waals surface area contributed by atoms with E-state index in [-0.39, 0.29) is 5.41 Å². The molecule has 0 amide bonds. The summed E-state index contributed by atoms with van der Waals surface area (Å²) >= 11 is 0. The molecule has 0 aliphatic carbocycles. The van der Waals surface area contributed by atoms with Crippen molar-refractivity contribution in [2.45, 2.75) is 26.2 Å². The second-order valence-corrected chi connectivity index (χ2v) is 5.07. The lowest BCUT2D eigenvalue weighted by molar-refractivity contribution is 0.341. The molecule has 0 fully saturated rings. The number of ether oxygens (including phenoxy) is 3. The third-order valence-electron chi connectivity index (χ3n) is 3.25. The Morgan fingerprint density at radius 2 is 1.47 bits per heavy atom. The number of nitrogens with one attached hydrogen (secondary N) is 1. The summed E-state index contributed by atoms with van der Waals surface area (Å²) < 4.78 is 16.2. The molecule has 0 aliphatic rings. The molecule has 0 unspecified atom stereocenters. The van der Waals surface area contributed by atoms with Gasteiger partial charge in [-0.15, -0.1) is 0 Å². The van der Waals surface area contributed by atoms with Gasteiger partial charge >= 0.3 is 0 Å². The minimum atomic E-state index is -0.0547. The molecule has 0 saturated carbocycles. The average Bonchev–Trinajstić information content (AvgIpc) is 2.43. The van der Waals surface area contributed by atoms with Crippen molar-refractivity contribution in [2.24, 2.45) is 0 Å². The van der Waals surface area contributed by atoms with Crippen LogP contribution in [-0.2, 0) is 5.41 Å². The molecule has 0 aromatic heterocycles. The number of methoxy groups -OCH3 is 3. The molecule has 0 saturated heterocycles. The van der Waals surface area contributed by atoms with Gasteiger partial charge in [0.2, 0.25) is 0 Å². The van der Waals surface area contributed by atoms with Gasteiger partial charge in [-0.1, -0.05) is 20.8 Å². The largest absolute Gasteiger partial charge is 0.496 e. The van der Waals surface area contributed by atoms with E-state index in [1.165, 1.54) is 0 Å². The molecule has 1 aromatic carbocycles. The molecule has 4 nitrogen and oxygen atoms in total. The lowest BCUT2D eigenvalue weighted by Crippen LogP contribution is -2.33. The van der Waals surface area contributed by atoms with Crippen molar-refractivity contribution >= 4 is 0 Å². The molecule has 1 rings (SSSR count). The molecule has 0 radical (unpaired) electrons. The highest BCUT2D eigenvalue weighted by Gasteiger charge is 2.26. The van der Waals surface area contributed by atoms with E-state index < -0.39 is 0 Å². The van der Waals surface area contributed by atoms with E-state index in [4.69, 9.17) is 14.2 Å². The van der Waals surface area contributed by atoms with E-state index >= 15 is 0 Å². The quantitative estimate of drug-likeness (QED) is 0.824. The van der Waals surface area contributed by atoms with Gasteiger partial charge in [-0.25, -0.2) is 0 Å². The monoisotopic (exact) mass is 267 g/mol. The van der Waals surface area contributed by atoms with Gasteiger partial charge in [0.25, 0.3) is 0 Å². The fourth-order valence-corrected chi connectivity index (χ4v) is 2.09. The summed E-state index contributed by atoms with van der Waals surface area (Å²) in [6, 6.07) is 3.87. The molecular formula is C15H25NO3. The summed E-state index contributed by atoms with van der Waals surface area (Å²) in [5, 5.41) is 3.38. The Morgan fingerprint density at radius 3 is 1.95 bits per heavy atom. The Kier molecular flexibility index (Phi) is 5.48. The van der Waals surface area contributed by atoms with E-state index in [0.717, 1.165) is 30.2 Å². The second-order valence-electron chi connectivity index (χ2n) is 5.07. The highest BCUT2D eigenvalue weighted by Crippen LogP contribution is 2.40. The molecule has 4 heteroatoms. The lowest BCUT2D eigenvalue weighted by Gasteiger charge is -2.28. The molecule has 1 N–H and O–H groups in total. The summed E-state index contributed by atoms with van der Waals surface area (Å²) in [5.41, 5.74) is 1.05. The summed E-state index contributed by atoms with van der Waals surface area (Å²) in [5.74, 6) is 2.23. The van der Waals surface area contributed by atoms with Crippen molar-refractivity contribution in [3.63, 3.8) is 0 Å². The standard InChI is InChI=1S/C15H25NO3/c1-7-16-10-15(2,3)11-8-13(18-5)14(19-6)9-12(11)17-4/h8-9,16H,7,10H2,1-6H3. The molecule has 0 atom stereocenters. The van der Waals surface area contributed by atoms with Crippen molar-refractivity contribution in [3.05, 3.63) is 17.7 Å². The minimum Gasteiger partial charge on any atom is -0.496 e. The fourth-order valence-electron chi connectivity index (χ4n) is 2.09. The second kappa shape index (κ2) is 6.66. The molecule has 19 heavy (non-hydrogen) atoms. The van der Waals surface area contributed by atoms with E-state index in [2.05, 4.69) is 26.1 Å². The Balaban J connectivity index is 3.24. The van der Waals surface area contributed by atoms with Gasteiger partial charge in [0.15, 0.2) is 11.5 Å². The highest BCUT2D eigenvalue weighted by molar-refractivity contribution is 5.53. The maximum Gasteiger partial charge on any atom is 0.164 e. The van der Waals surface area contributed by atoms with E-state index in [9.17, 15) is 0 Å². The van der Waals surface area contributed by atoms with Gasteiger partial charge < -0.3 is 19.5 Å². The third-order valence-corrected chi connectivity index (χ3v) is 3.25. The summed E-state index contributed by atoms with van der Waals surface area (Å²) in [6.45, 7) is 8.27. The van der Waals surface area contributed by atoms with Crippen molar-refractivity contribution in [2.75, 3.05) is 34.4 Å². The number of benzene rings is 1. The Bertz CT molecular complexity index is 416. The van der Waals surface area contributed by atoms with Crippen LogP contribution in [-0.4, -0.2) is 34.4 Å². The molecule has 1 aromatic rings. The van der Waals surface area contributed by atoms with Gasteiger partial charge in [-0.3, -0.25) is 0 Å². The van der Waals surface area contributed by atoms with Crippen LogP contribution in [0, 0.1) is 0 Å². The van der Waals surface area contributed by atoms with Crippen LogP contribution in [0.25, 0.3) is 0 Å². The van der Waals surface area contributed by atoms with Crippen LogP contribution in [0.15, 0.2) is 12.1 Å². The molecule has 108 valence electrons.